The Morgan fingerprint density at radius 2 is 2.16 bits per heavy atom. The average Bonchev–Trinajstić information content (AvgIpc) is 2.40. The molecule has 0 aliphatic rings. The molecule has 4 N–H and O–H groups in total. The van der Waals surface area contributed by atoms with Crippen LogP contribution in [0.4, 0.5) is 0 Å². The smallest absolute Gasteiger partial charge is 0.251 e. The first-order valence-electron chi connectivity index (χ1n) is 5.73. The topological polar surface area (TPSA) is 87.7 Å². The lowest BCUT2D eigenvalue weighted by molar-refractivity contribution is 0.0945. The van der Waals surface area contributed by atoms with Crippen LogP contribution in [0.25, 0.3) is 0 Å². The van der Waals surface area contributed by atoms with Gasteiger partial charge in [0.25, 0.3) is 5.91 Å². The lowest BCUT2D eigenvalue weighted by atomic mass is 10.1. The number of nitrogens with zero attached hydrogens (tertiary/aromatic N) is 1. The van der Waals surface area contributed by atoms with Crippen LogP contribution in [0.1, 0.15) is 30.1 Å². The number of carbonyl (C=O) groups excluding carboxylic acids is 1. The molecule has 1 aromatic rings. The Morgan fingerprint density at radius 1 is 1.47 bits per heavy atom. The van der Waals surface area contributed by atoms with Crippen molar-refractivity contribution in [3.63, 3.8) is 0 Å². The fraction of sp³-hybridized carbons (Fsp3) is 0.333. The van der Waals surface area contributed by atoms with E-state index in [1.54, 1.807) is 6.07 Å². The van der Waals surface area contributed by atoms with E-state index in [0.717, 1.165) is 6.42 Å². The van der Waals surface area contributed by atoms with Crippen LogP contribution in [-0.4, -0.2) is 23.0 Å². The molecule has 0 saturated carbocycles. The van der Waals surface area contributed by atoms with Gasteiger partial charge in [-0.2, -0.15) is 0 Å². The van der Waals surface area contributed by atoms with E-state index in [2.05, 4.69) is 10.5 Å². The van der Waals surface area contributed by atoms with E-state index in [0.29, 0.717) is 22.0 Å². The molecule has 1 atom stereocenters. The summed E-state index contributed by atoms with van der Waals surface area (Å²) >= 11 is 11.6. The minimum atomic E-state index is -0.517. The molecule has 1 unspecified atom stereocenters. The predicted molar refractivity (Wildman–Crippen MR) is 76.0 cm³/mol. The number of amidine groups is 1. The predicted octanol–water partition coefficient (Wildman–Crippen LogP) is 2.64. The molecule has 0 saturated heterocycles. The summed E-state index contributed by atoms with van der Waals surface area (Å²) in [5, 5.41) is 14.9. The summed E-state index contributed by atoms with van der Waals surface area (Å²) in [6.07, 6.45) is 1.35. The van der Waals surface area contributed by atoms with E-state index < -0.39 is 6.04 Å². The van der Waals surface area contributed by atoms with Gasteiger partial charge in [-0.1, -0.05) is 41.7 Å². The van der Waals surface area contributed by atoms with Crippen LogP contribution in [0.5, 0.6) is 0 Å². The summed E-state index contributed by atoms with van der Waals surface area (Å²) in [4.78, 5) is 12.0. The van der Waals surface area contributed by atoms with Gasteiger partial charge in [-0.05, 0) is 24.6 Å². The highest BCUT2D eigenvalue weighted by Gasteiger charge is 2.17. The molecule has 5 nitrogen and oxygen atoms in total. The van der Waals surface area contributed by atoms with E-state index in [1.165, 1.54) is 12.1 Å². The molecule has 0 bridgehead atoms. The van der Waals surface area contributed by atoms with Gasteiger partial charge in [-0.15, -0.1) is 0 Å². The van der Waals surface area contributed by atoms with E-state index in [1.807, 2.05) is 6.92 Å². The van der Waals surface area contributed by atoms with Gasteiger partial charge in [0.2, 0.25) is 0 Å². The standard InChI is InChI=1S/C12H15Cl2N3O2/c1-2-3-10(11(15)17-19)16-12(18)7-4-5-8(13)9(14)6-7/h4-6,10,19H,2-3H2,1H3,(H2,15,17)(H,16,18). The number of amides is 1. The number of nitrogens with two attached hydrogens (primary N) is 1. The Kier molecular flexibility index (Phi) is 5.92. The lowest BCUT2D eigenvalue weighted by Crippen LogP contribution is -2.44. The highest BCUT2D eigenvalue weighted by atomic mass is 35.5. The van der Waals surface area contributed by atoms with Crippen LogP contribution >= 0.6 is 23.2 Å². The van der Waals surface area contributed by atoms with Gasteiger partial charge in [0.15, 0.2) is 5.84 Å². The van der Waals surface area contributed by atoms with Crippen molar-refractivity contribution in [3.05, 3.63) is 33.8 Å². The molecule has 0 aliphatic carbocycles. The number of rotatable bonds is 5. The largest absolute Gasteiger partial charge is 0.409 e. The molecule has 0 aromatic heterocycles. The monoisotopic (exact) mass is 303 g/mol. The highest BCUT2D eigenvalue weighted by molar-refractivity contribution is 6.42. The number of hydrogen-bond acceptors (Lipinski definition) is 3. The Morgan fingerprint density at radius 3 is 2.68 bits per heavy atom. The first kappa shape index (κ1) is 15.6. The zero-order valence-corrected chi connectivity index (χ0v) is 11.9. The van der Waals surface area contributed by atoms with Crippen molar-refractivity contribution in [1.82, 2.24) is 5.32 Å². The summed E-state index contributed by atoms with van der Waals surface area (Å²) < 4.78 is 0. The maximum atomic E-state index is 12.0. The second-order valence-electron chi connectivity index (χ2n) is 3.97. The Bertz CT molecular complexity index is 492. The van der Waals surface area contributed by atoms with Crippen LogP contribution < -0.4 is 11.1 Å². The van der Waals surface area contributed by atoms with Crippen molar-refractivity contribution >= 4 is 34.9 Å². The van der Waals surface area contributed by atoms with Crippen LogP contribution in [0.15, 0.2) is 23.4 Å². The maximum Gasteiger partial charge on any atom is 0.251 e. The summed E-state index contributed by atoms with van der Waals surface area (Å²) in [7, 11) is 0. The molecule has 0 radical (unpaired) electrons. The molecular formula is C12H15Cl2N3O2. The van der Waals surface area contributed by atoms with Crippen molar-refractivity contribution in [1.29, 1.82) is 0 Å². The van der Waals surface area contributed by atoms with Crippen LogP contribution in [-0.2, 0) is 0 Å². The van der Waals surface area contributed by atoms with Crippen LogP contribution in [0.2, 0.25) is 10.0 Å². The van der Waals surface area contributed by atoms with Crippen LogP contribution in [0.3, 0.4) is 0 Å². The Hall–Kier alpha value is -1.46. The normalized spacial score (nSPS) is 13.1. The van der Waals surface area contributed by atoms with Gasteiger partial charge >= 0.3 is 0 Å². The molecule has 1 rings (SSSR count). The third-order valence-corrected chi connectivity index (χ3v) is 3.28. The number of benzene rings is 1. The second kappa shape index (κ2) is 7.21. The Balaban J connectivity index is 2.84. The average molecular weight is 304 g/mol. The third kappa shape index (κ3) is 4.29. The van der Waals surface area contributed by atoms with Crippen molar-refractivity contribution in [2.24, 2.45) is 10.9 Å². The van der Waals surface area contributed by atoms with Gasteiger partial charge in [-0.3, -0.25) is 4.79 Å². The number of halogens is 2. The SMILES string of the molecule is CCCC(NC(=O)c1ccc(Cl)c(Cl)c1)/C(N)=N/O. The van der Waals surface area contributed by atoms with Crippen molar-refractivity contribution < 1.29 is 10.0 Å². The summed E-state index contributed by atoms with van der Waals surface area (Å²) in [6, 6.07) is 4.04. The minimum absolute atomic E-state index is 0.0322. The minimum Gasteiger partial charge on any atom is -0.409 e. The van der Waals surface area contributed by atoms with E-state index in [-0.39, 0.29) is 11.7 Å². The highest BCUT2D eigenvalue weighted by Crippen LogP contribution is 2.22. The number of hydrogen-bond donors (Lipinski definition) is 3. The molecule has 0 aliphatic heterocycles. The fourth-order valence-corrected chi connectivity index (χ4v) is 1.83. The molecule has 1 aromatic carbocycles. The van der Waals surface area contributed by atoms with E-state index >= 15 is 0 Å². The fourth-order valence-electron chi connectivity index (χ4n) is 1.53. The lowest BCUT2D eigenvalue weighted by Gasteiger charge is -2.16. The molecule has 7 heteroatoms. The molecule has 19 heavy (non-hydrogen) atoms. The molecule has 104 valence electrons. The first-order chi connectivity index (χ1) is 8.99. The van der Waals surface area contributed by atoms with E-state index in [9.17, 15) is 4.79 Å². The number of nitrogens with one attached hydrogen (secondary N) is 1. The van der Waals surface area contributed by atoms with Gasteiger partial charge in [0, 0.05) is 5.56 Å². The van der Waals surface area contributed by atoms with Crippen molar-refractivity contribution in [2.45, 2.75) is 25.8 Å². The molecule has 0 fully saturated rings. The summed E-state index contributed by atoms with van der Waals surface area (Å²) in [5.41, 5.74) is 5.88. The maximum absolute atomic E-state index is 12.0. The van der Waals surface area contributed by atoms with Crippen molar-refractivity contribution in [3.8, 4) is 0 Å². The first-order valence-corrected chi connectivity index (χ1v) is 6.48. The second-order valence-corrected chi connectivity index (χ2v) is 4.78. The van der Waals surface area contributed by atoms with Gasteiger partial charge < -0.3 is 16.3 Å². The van der Waals surface area contributed by atoms with Gasteiger partial charge in [-0.25, -0.2) is 0 Å². The molecule has 0 spiro atoms. The van der Waals surface area contributed by atoms with E-state index in [4.69, 9.17) is 34.1 Å². The Labute approximate surface area is 121 Å². The molecule has 0 heterocycles. The molecular weight excluding hydrogens is 289 g/mol. The zero-order valence-electron chi connectivity index (χ0n) is 10.4. The van der Waals surface area contributed by atoms with Crippen molar-refractivity contribution in [2.75, 3.05) is 0 Å². The van der Waals surface area contributed by atoms with Crippen LogP contribution in [0, 0.1) is 0 Å². The quantitative estimate of drug-likeness (QED) is 0.338. The summed E-state index contributed by atoms with van der Waals surface area (Å²) in [6.45, 7) is 1.93. The number of carbonyl (C=O) groups is 1. The summed E-state index contributed by atoms with van der Waals surface area (Å²) in [5.74, 6) is -0.390. The third-order valence-electron chi connectivity index (χ3n) is 2.54. The number of oxime groups is 1. The van der Waals surface area contributed by atoms with Gasteiger partial charge in [0.1, 0.15) is 0 Å². The zero-order chi connectivity index (χ0) is 14.4. The molecule has 1 amide bonds. The van der Waals surface area contributed by atoms with Gasteiger partial charge in [0.05, 0.1) is 16.1 Å².